The van der Waals surface area contributed by atoms with Crippen molar-refractivity contribution in [2.45, 2.75) is 32.4 Å². The number of nitrogens with one attached hydrogen (secondary N) is 1. The first-order chi connectivity index (χ1) is 10.1. The zero-order valence-corrected chi connectivity index (χ0v) is 12.3. The number of nitrogens with zero attached hydrogens (tertiary/aromatic N) is 2. The Morgan fingerprint density at radius 3 is 2.81 bits per heavy atom. The number of likely N-dealkylation sites (tertiary alicyclic amines) is 1. The summed E-state index contributed by atoms with van der Waals surface area (Å²) in [5, 5.41) is 14.4. The number of piperidine rings is 1. The minimum absolute atomic E-state index is 0.193. The molecule has 1 aromatic carbocycles. The topological polar surface area (TPSA) is 58.4 Å². The van der Waals surface area contributed by atoms with Crippen LogP contribution in [0.4, 0.5) is 5.69 Å². The van der Waals surface area contributed by atoms with Crippen LogP contribution in [0.5, 0.6) is 0 Å². The molecule has 2 rings (SSSR count). The Bertz CT molecular complexity index is 543. The van der Waals surface area contributed by atoms with Crippen LogP contribution in [0.1, 0.15) is 24.0 Å². The van der Waals surface area contributed by atoms with Crippen molar-refractivity contribution in [1.29, 1.82) is 0 Å². The van der Waals surface area contributed by atoms with E-state index < -0.39 is 0 Å². The van der Waals surface area contributed by atoms with Gasteiger partial charge in [-0.3, -0.25) is 15.0 Å². The molecule has 0 spiro atoms. The Kier molecular flexibility index (Phi) is 5.32. The van der Waals surface area contributed by atoms with E-state index in [4.69, 9.17) is 6.42 Å². The molecule has 0 unspecified atom stereocenters. The summed E-state index contributed by atoms with van der Waals surface area (Å²) >= 11 is 0. The molecule has 0 atom stereocenters. The summed E-state index contributed by atoms with van der Waals surface area (Å²) in [6, 6.07) is 5.70. The summed E-state index contributed by atoms with van der Waals surface area (Å²) in [6.45, 7) is 5.22. The molecule has 21 heavy (non-hydrogen) atoms. The highest BCUT2D eigenvalue weighted by molar-refractivity contribution is 5.44. The second-order valence-electron chi connectivity index (χ2n) is 5.45. The molecule has 112 valence electrons. The summed E-state index contributed by atoms with van der Waals surface area (Å²) in [5.74, 6) is 2.68. The van der Waals surface area contributed by atoms with Crippen molar-refractivity contribution in [2.75, 3.05) is 19.6 Å². The van der Waals surface area contributed by atoms with Crippen LogP contribution in [0.2, 0.25) is 0 Å². The van der Waals surface area contributed by atoms with Gasteiger partial charge in [0.25, 0.3) is 5.69 Å². The third-order valence-electron chi connectivity index (χ3n) is 4.10. The van der Waals surface area contributed by atoms with Gasteiger partial charge in [-0.1, -0.05) is 18.1 Å². The van der Waals surface area contributed by atoms with E-state index in [1.54, 1.807) is 12.1 Å². The van der Waals surface area contributed by atoms with Gasteiger partial charge in [-0.05, 0) is 25.3 Å². The summed E-state index contributed by atoms with van der Waals surface area (Å²) in [5.41, 5.74) is 1.94. The van der Waals surface area contributed by atoms with Crippen LogP contribution in [0.15, 0.2) is 18.2 Å². The predicted molar refractivity (Wildman–Crippen MR) is 83.0 cm³/mol. The first-order valence-corrected chi connectivity index (χ1v) is 7.24. The van der Waals surface area contributed by atoms with Crippen molar-refractivity contribution in [2.24, 2.45) is 0 Å². The van der Waals surface area contributed by atoms with Crippen molar-refractivity contribution in [3.05, 3.63) is 39.4 Å². The Hall–Kier alpha value is -1.90. The predicted octanol–water partition coefficient (Wildman–Crippen LogP) is 2.09. The van der Waals surface area contributed by atoms with Crippen molar-refractivity contribution in [3.63, 3.8) is 0 Å². The third-order valence-corrected chi connectivity index (χ3v) is 4.10. The fraction of sp³-hybridized carbons (Fsp3) is 0.500. The third kappa shape index (κ3) is 4.03. The average Bonchev–Trinajstić information content (AvgIpc) is 2.48. The second kappa shape index (κ2) is 7.21. The maximum atomic E-state index is 10.9. The van der Waals surface area contributed by atoms with E-state index in [0.29, 0.717) is 12.6 Å². The van der Waals surface area contributed by atoms with Crippen LogP contribution in [0.25, 0.3) is 0 Å². The molecule has 0 radical (unpaired) electrons. The van der Waals surface area contributed by atoms with E-state index in [0.717, 1.165) is 43.6 Å². The zero-order valence-electron chi connectivity index (χ0n) is 12.3. The monoisotopic (exact) mass is 287 g/mol. The van der Waals surface area contributed by atoms with Gasteiger partial charge < -0.3 is 5.32 Å². The summed E-state index contributed by atoms with van der Waals surface area (Å²) in [7, 11) is 0. The fourth-order valence-electron chi connectivity index (χ4n) is 2.74. The molecule has 1 aliphatic heterocycles. The molecule has 1 aromatic rings. The zero-order chi connectivity index (χ0) is 15.2. The van der Waals surface area contributed by atoms with E-state index in [1.807, 2.05) is 13.0 Å². The first kappa shape index (κ1) is 15.5. The summed E-state index contributed by atoms with van der Waals surface area (Å²) in [4.78, 5) is 12.9. The number of rotatable bonds is 5. The molecule has 1 heterocycles. The second-order valence-corrected chi connectivity index (χ2v) is 5.45. The molecular formula is C16H21N3O2. The summed E-state index contributed by atoms with van der Waals surface area (Å²) < 4.78 is 0. The van der Waals surface area contributed by atoms with E-state index in [-0.39, 0.29) is 10.6 Å². The van der Waals surface area contributed by atoms with Crippen LogP contribution in [0.3, 0.4) is 0 Å². The molecule has 5 nitrogen and oxygen atoms in total. The van der Waals surface area contributed by atoms with Crippen molar-refractivity contribution < 1.29 is 4.92 Å². The molecule has 5 heteroatoms. The highest BCUT2D eigenvalue weighted by atomic mass is 16.6. The average molecular weight is 287 g/mol. The summed E-state index contributed by atoms with van der Waals surface area (Å²) in [6.07, 6.45) is 7.45. The first-order valence-electron chi connectivity index (χ1n) is 7.24. The lowest BCUT2D eigenvalue weighted by Gasteiger charge is -2.31. The Labute approximate surface area is 125 Å². The van der Waals surface area contributed by atoms with Crippen molar-refractivity contribution >= 4 is 5.69 Å². The molecule has 0 saturated carbocycles. The van der Waals surface area contributed by atoms with Crippen LogP contribution < -0.4 is 5.32 Å². The number of terminal acetylenes is 1. The number of hydrogen-bond acceptors (Lipinski definition) is 4. The Morgan fingerprint density at radius 2 is 2.19 bits per heavy atom. The van der Waals surface area contributed by atoms with E-state index in [1.165, 1.54) is 0 Å². The normalized spacial score (nSPS) is 16.6. The SMILES string of the molecule is C#CCN1CCC(NCc2cccc([N+](=O)[O-])c2C)CC1. The van der Waals surface area contributed by atoms with Crippen LogP contribution in [-0.4, -0.2) is 35.5 Å². The van der Waals surface area contributed by atoms with Gasteiger partial charge in [0.1, 0.15) is 0 Å². The van der Waals surface area contributed by atoms with Gasteiger partial charge in [-0.25, -0.2) is 0 Å². The molecular weight excluding hydrogens is 266 g/mol. The largest absolute Gasteiger partial charge is 0.310 e. The highest BCUT2D eigenvalue weighted by Gasteiger charge is 2.19. The number of benzene rings is 1. The van der Waals surface area contributed by atoms with Gasteiger partial charge in [0, 0.05) is 37.3 Å². The smallest absolute Gasteiger partial charge is 0.272 e. The molecule has 0 amide bonds. The van der Waals surface area contributed by atoms with Gasteiger partial charge in [-0.2, -0.15) is 0 Å². The van der Waals surface area contributed by atoms with Gasteiger partial charge >= 0.3 is 0 Å². The molecule has 1 saturated heterocycles. The van der Waals surface area contributed by atoms with Gasteiger partial charge in [0.05, 0.1) is 11.5 Å². The molecule has 0 aliphatic carbocycles. The maximum Gasteiger partial charge on any atom is 0.272 e. The van der Waals surface area contributed by atoms with Crippen LogP contribution in [-0.2, 0) is 6.54 Å². The van der Waals surface area contributed by atoms with Gasteiger partial charge in [0.15, 0.2) is 0 Å². The minimum atomic E-state index is -0.322. The Morgan fingerprint density at radius 1 is 1.48 bits per heavy atom. The lowest BCUT2D eigenvalue weighted by Crippen LogP contribution is -2.42. The van der Waals surface area contributed by atoms with Crippen molar-refractivity contribution in [1.82, 2.24) is 10.2 Å². The quantitative estimate of drug-likeness (QED) is 0.512. The van der Waals surface area contributed by atoms with Crippen LogP contribution in [0, 0.1) is 29.4 Å². The lowest BCUT2D eigenvalue weighted by molar-refractivity contribution is -0.385. The van der Waals surface area contributed by atoms with Crippen LogP contribution >= 0.6 is 0 Å². The standard InChI is InChI=1S/C16H21N3O2/c1-3-9-18-10-7-15(8-11-18)17-12-14-5-4-6-16(13(14)2)19(20)21/h1,4-6,15,17H,7-12H2,2H3. The van der Waals surface area contributed by atoms with Crippen molar-refractivity contribution in [3.8, 4) is 12.3 Å². The highest BCUT2D eigenvalue weighted by Crippen LogP contribution is 2.21. The lowest BCUT2D eigenvalue weighted by atomic mass is 10.0. The minimum Gasteiger partial charge on any atom is -0.310 e. The van der Waals surface area contributed by atoms with Gasteiger partial charge in [-0.15, -0.1) is 6.42 Å². The number of nitro groups is 1. The van der Waals surface area contributed by atoms with E-state index >= 15 is 0 Å². The molecule has 0 aromatic heterocycles. The van der Waals surface area contributed by atoms with Gasteiger partial charge in [0.2, 0.25) is 0 Å². The number of hydrogen-bond donors (Lipinski definition) is 1. The van der Waals surface area contributed by atoms with E-state index in [9.17, 15) is 10.1 Å². The molecule has 1 N–H and O–H groups in total. The van der Waals surface area contributed by atoms with E-state index in [2.05, 4.69) is 16.1 Å². The number of nitro benzene ring substituents is 1. The maximum absolute atomic E-state index is 10.9. The molecule has 1 fully saturated rings. The fourth-order valence-corrected chi connectivity index (χ4v) is 2.74. The Balaban J connectivity index is 1.89. The molecule has 0 bridgehead atoms. The molecule has 1 aliphatic rings.